The van der Waals surface area contributed by atoms with Crippen molar-refractivity contribution < 1.29 is 24.2 Å². The summed E-state index contributed by atoms with van der Waals surface area (Å²) in [6, 6.07) is -0.447. The maximum Gasteiger partial charge on any atom is 0.302 e. The van der Waals surface area contributed by atoms with Gasteiger partial charge in [0, 0.05) is 24.7 Å². The smallest absolute Gasteiger partial charge is 0.302 e. The van der Waals surface area contributed by atoms with Crippen LogP contribution in [0.15, 0.2) is 0 Å². The Kier molecular flexibility index (Phi) is 6.20. The van der Waals surface area contributed by atoms with Crippen molar-refractivity contribution >= 4 is 29.3 Å². The fourth-order valence-electron chi connectivity index (χ4n) is 8.70. The number of aliphatic hydroxyl groups is 1. The molecule has 0 aromatic rings. The highest BCUT2D eigenvalue weighted by Gasteiger charge is 2.68. The van der Waals surface area contributed by atoms with Gasteiger partial charge in [-0.2, -0.15) is 0 Å². The molecule has 0 unspecified atom stereocenters. The summed E-state index contributed by atoms with van der Waals surface area (Å²) in [5.41, 5.74) is -1.57. The van der Waals surface area contributed by atoms with Crippen LogP contribution in [-0.2, 0) is 19.1 Å². The second-order valence-electron chi connectivity index (χ2n) is 11.5. The van der Waals surface area contributed by atoms with Crippen molar-refractivity contribution in [3.63, 3.8) is 0 Å². The molecule has 32 heavy (non-hydrogen) atoms. The molecule has 4 aliphatic rings. The van der Waals surface area contributed by atoms with Crippen LogP contribution in [0.3, 0.4) is 0 Å². The molecule has 6 nitrogen and oxygen atoms in total. The van der Waals surface area contributed by atoms with E-state index in [9.17, 15) is 19.5 Å². The number of fused-ring (bicyclic) bond motifs is 5. The highest BCUT2D eigenvalue weighted by molar-refractivity contribution is 6.27. The third kappa shape index (κ3) is 3.51. The van der Waals surface area contributed by atoms with Gasteiger partial charge in [-0.3, -0.25) is 14.4 Å². The molecule has 4 saturated carbocycles. The molecule has 9 atom stereocenters. The van der Waals surface area contributed by atoms with Crippen molar-refractivity contribution in [2.75, 3.05) is 5.88 Å². The Morgan fingerprint density at radius 3 is 2.41 bits per heavy atom. The number of ketones is 1. The van der Waals surface area contributed by atoms with Gasteiger partial charge in [-0.05, 0) is 75.0 Å². The van der Waals surface area contributed by atoms with Gasteiger partial charge in [-0.25, -0.2) is 0 Å². The van der Waals surface area contributed by atoms with Gasteiger partial charge >= 0.3 is 5.97 Å². The molecule has 4 aliphatic carbocycles. The van der Waals surface area contributed by atoms with Crippen LogP contribution >= 0.6 is 11.6 Å². The molecule has 4 rings (SSSR count). The molecule has 2 N–H and O–H groups in total. The van der Waals surface area contributed by atoms with Crippen LogP contribution < -0.4 is 5.32 Å². The largest absolute Gasteiger partial charge is 0.462 e. The zero-order valence-corrected chi connectivity index (χ0v) is 20.5. The van der Waals surface area contributed by atoms with Gasteiger partial charge in [0.2, 0.25) is 5.91 Å². The topological polar surface area (TPSA) is 92.7 Å². The van der Waals surface area contributed by atoms with E-state index in [4.69, 9.17) is 16.3 Å². The van der Waals surface area contributed by atoms with Crippen LogP contribution in [-0.4, -0.2) is 46.4 Å². The molecule has 0 bridgehead atoms. The number of hydrogen-bond acceptors (Lipinski definition) is 5. The standard InChI is InChI=1S/C25H38ClNO5/c1-14(28)18-5-6-19-17-11-21(27-22(30)13-26)25(31)12-16(32-15(2)29)7-10-24(25,4)20(17)8-9-23(18,19)3/h16-21,31H,5-13H2,1-4H3,(H,27,30)/t16-,17-,18+,19-,20-,21+,23+,24+,25-/m0/s1. The lowest BCUT2D eigenvalue weighted by atomic mass is 9.42. The van der Waals surface area contributed by atoms with Crippen LogP contribution in [0.5, 0.6) is 0 Å². The lowest BCUT2D eigenvalue weighted by molar-refractivity contribution is -0.236. The summed E-state index contributed by atoms with van der Waals surface area (Å²) in [4.78, 5) is 36.4. The summed E-state index contributed by atoms with van der Waals surface area (Å²) < 4.78 is 5.52. The number of ether oxygens (including phenoxy) is 1. The maximum atomic E-state index is 12.4. The van der Waals surface area contributed by atoms with Gasteiger partial charge < -0.3 is 15.2 Å². The Hall–Kier alpha value is -1.14. The van der Waals surface area contributed by atoms with E-state index in [0.717, 1.165) is 38.5 Å². The number of rotatable bonds is 4. The monoisotopic (exact) mass is 467 g/mol. The van der Waals surface area contributed by atoms with Crippen molar-refractivity contribution in [1.82, 2.24) is 5.32 Å². The number of carbonyl (C=O) groups is 3. The minimum absolute atomic E-state index is 0.00516. The van der Waals surface area contributed by atoms with Crippen molar-refractivity contribution in [2.45, 2.75) is 96.8 Å². The molecule has 0 aromatic heterocycles. The molecule has 0 spiro atoms. The summed E-state index contributed by atoms with van der Waals surface area (Å²) in [7, 11) is 0. The van der Waals surface area contributed by atoms with Gasteiger partial charge in [-0.15, -0.1) is 11.6 Å². The predicted octanol–water partition coefficient (Wildman–Crippen LogP) is 3.61. The third-order valence-corrected chi connectivity index (χ3v) is 10.4. The molecule has 0 saturated heterocycles. The summed E-state index contributed by atoms with van der Waals surface area (Å²) in [6.45, 7) is 7.59. The average molecular weight is 468 g/mol. The zero-order chi connectivity index (χ0) is 23.5. The summed E-state index contributed by atoms with van der Waals surface area (Å²) in [6.07, 6.45) is 6.08. The van der Waals surface area contributed by atoms with Gasteiger partial charge in [0.25, 0.3) is 0 Å². The maximum absolute atomic E-state index is 12.4. The normalized spacial score (nSPS) is 47.6. The highest BCUT2D eigenvalue weighted by Crippen LogP contribution is 2.68. The molecule has 0 heterocycles. The van der Waals surface area contributed by atoms with Gasteiger partial charge in [-0.1, -0.05) is 13.8 Å². The van der Waals surface area contributed by atoms with Gasteiger partial charge in [0.05, 0.1) is 11.6 Å². The summed E-state index contributed by atoms with van der Waals surface area (Å²) in [5, 5.41) is 15.3. The number of esters is 1. The van der Waals surface area contributed by atoms with E-state index in [-0.39, 0.29) is 35.2 Å². The van der Waals surface area contributed by atoms with Crippen molar-refractivity contribution in [1.29, 1.82) is 0 Å². The first-order chi connectivity index (χ1) is 15.0. The highest BCUT2D eigenvalue weighted by atomic mass is 35.5. The number of hydrogen-bond donors (Lipinski definition) is 2. The molecular formula is C25H38ClNO5. The SMILES string of the molecule is CC(=O)O[C@H]1CC[C@]2(C)[C@H]3CC[C@]4(C)[C@@H](C(C)=O)CC[C@H]4[C@@H]3C[C@@H](NC(=O)CCl)[C@@]2(O)C1. The van der Waals surface area contributed by atoms with Gasteiger partial charge in [0.1, 0.15) is 17.8 Å². The van der Waals surface area contributed by atoms with Crippen molar-refractivity contribution in [2.24, 2.45) is 34.5 Å². The lowest BCUT2D eigenvalue weighted by Gasteiger charge is -2.66. The Balaban J connectivity index is 1.70. The van der Waals surface area contributed by atoms with Crippen LogP contribution in [0.1, 0.15) is 79.1 Å². The quantitative estimate of drug-likeness (QED) is 0.486. The van der Waals surface area contributed by atoms with Crippen LogP contribution in [0.4, 0.5) is 0 Å². The zero-order valence-electron chi connectivity index (χ0n) is 19.8. The molecule has 180 valence electrons. The predicted molar refractivity (Wildman–Crippen MR) is 121 cm³/mol. The molecule has 1 amide bonds. The third-order valence-electron chi connectivity index (χ3n) is 10.1. The molecule has 0 radical (unpaired) electrons. The van der Waals surface area contributed by atoms with E-state index in [0.29, 0.717) is 36.4 Å². The van der Waals surface area contributed by atoms with E-state index in [2.05, 4.69) is 19.2 Å². The molecular weight excluding hydrogens is 430 g/mol. The fraction of sp³-hybridized carbons (Fsp3) is 0.880. The summed E-state index contributed by atoms with van der Waals surface area (Å²) >= 11 is 5.83. The van der Waals surface area contributed by atoms with E-state index >= 15 is 0 Å². The first-order valence-electron chi connectivity index (χ1n) is 12.2. The first kappa shape index (κ1) is 24.0. The fourth-order valence-corrected chi connectivity index (χ4v) is 8.77. The number of Topliss-reactive ketones (excluding diaryl/α,β-unsaturated/α-hetero) is 1. The van der Waals surface area contributed by atoms with Crippen LogP contribution in [0.2, 0.25) is 0 Å². The number of alkyl halides is 1. The Bertz CT molecular complexity index is 803. The van der Waals surface area contributed by atoms with Crippen LogP contribution in [0.25, 0.3) is 0 Å². The number of carbonyl (C=O) groups excluding carboxylic acids is 3. The average Bonchev–Trinajstić information content (AvgIpc) is 3.07. The van der Waals surface area contributed by atoms with E-state index in [1.54, 1.807) is 6.92 Å². The number of nitrogens with one attached hydrogen (secondary N) is 1. The second-order valence-corrected chi connectivity index (χ2v) is 11.7. The first-order valence-corrected chi connectivity index (χ1v) is 12.7. The molecule has 0 aliphatic heterocycles. The van der Waals surface area contributed by atoms with Gasteiger partial charge in [0.15, 0.2) is 0 Å². The minimum Gasteiger partial charge on any atom is -0.462 e. The Morgan fingerprint density at radius 2 is 1.78 bits per heavy atom. The minimum atomic E-state index is -1.17. The molecule has 0 aromatic carbocycles. The van der Waals surface area contributed by atoms with E-state index in [1.165, 1.54) is 6.92 Å². The van der Waals surface area contributed by atoms with Crippen molar-refractivity contribution in [3.8, 4) is 0 Å². The van der Waals surface area contributed by atoms with Crippen LogP contribution in [0, 0.1) is 34.5 Å². The summed E-state index contributed by atoms with van der Waals surface area (Å²) in [5.74, 6) is 0.696. The van der Waals surface area contributed by atoms with E-state index in [1.807, 2.05) is 0 Å². The Morgan fingerprint density at radius 1 is 1.06 bits per heavy atom. The Labute approximate surface area is 196 Å². The van der Waals surface area contributed by atoms with E-state index < -0.39 is 17.1 Å². The second kappa shape index (κ2) is 8.26. The van der Waals surface area contributed by atoms with Crippen molar-refractivity contribution in [3.05, 3.63) is 0 Å². The molecule has 7 heteroatoms. The number of amides is 1. The number of halogens is 1. The lowest BCUT2D eigenvalue weighted by Crippen LogP contribution is -2.72. The molecule has 4 fully saturated rings.